The van der Waals surface area contributed by atoms with Crippen molar-refractivity contribution in [1.29, 1.82) is 0 Å². The molecular weight excluding hydrogens is 291 g/mol. The minimum Gasteiger partial charge on any atom is -0.373 e. The fraction of sp³-hybridized carbons (Fsp3) is 0.692. The van der Waals surface area contributed by atoms with Crippen molar-refractivity contribution in [3.63, 3.8) is 0 Å². The molecule has 1 aromatic rings. The lowest BCUT2D eigenvalue weighted by Crippen LogP contribution is -2.28. The predicted molar refractivity (Wildman–Crippen MR) is 75.3 cm³/mol. The first-order valence-corrected chi connectivity index (χ1v) is 7.52. The van der Waals surface area contributed by atoms with E-state index in [0.29, 0.717) is 8.51 Å². The summed E-state index contributed by atoms with van der Waals surface area (Å²) < 4.78 is 23.6. The van der Waals surface area contributed by atoms with E-state index in [2.05, 4.69) is 14.4 Å². The van der Waals surface area contributed by atoms with Gasteiger partial charge in [0.15, 0.2) is 11.9 Å². The van der Waals surface area contributed by atoms with Crippen LogP contribution in [0.1, 0.15) is 33.4 Å². The maximum absolute atomic E-state index is 7.28. The minimum atomic E-state index is -0.664. The quantitative estimate of drug-likeness (QED) is 0.786. The SMILES string of the molecule is [C-]#[N+]c1npn(C2OC(CC)C3OC(C)(C)OC32)c1[N+]#[C-]. The monoisotopic (exact) mass is 306 g/mol. The smallest absolute Gasteiger partial charge is 0.362 e. The number of rotatable bonds is 2. The molecule has 2 aliphatic rings. The Balaban J connectivity index is 1.99. The molecule has 0 N–H and O–H groups in total. The maximum Gasteiger partial charge on any atom is 0.362 e. The average molecular weight is 306 g/mol. The number of nitrogens with zero attached hydrogens (tertiary/aromatic N) is 4. The van der Waals surface area contributed by atoms with Gasteiger partial charge >= 0.3 is 8.51 Å². The topological polar surface area (TPSA) is 54.2 Å². The zero-order valence-corrected chi connectivity index (χ0v) is 12.9. The molecule has 8 heteroatoms. The highest BCUT2D eigenvalue weighted by Crippen LogP contribution is 2.47. The molecule has 0 amide bonds. The van der Waals surface area contributed by atoms with E-state index in [1.165, 1.54) is 0 Å². The average Bonchev–Trinajstić information content (AvgIpc) is 3.08. The van der Waals surface area contributed by atoms with Crippen LogP contribution in [0.2, 0.25) is 0 Å². The summed E-state index contributed by atoms with van der Waals surface area (Å²) >= 11 is 0. The fourth-order valence-corrected chi connectivity index (χ4v) is 3.63. The molecule has 3 heterocycles. The van der Waals surface area contributed by atoms with Crippen LogP contribution in [-0.4, -0.2) is 33.2 Å². The third-order valence-corrected chi connectivity index (χ3v) is 4.52. The zero-order valence-electron chi connectivity index (χ0n) is 12.0. The Labute approximate surface area is 124 Å². The zero-order chi connectivity index (χ0) is 15.2. The summed E-state index contributed by atoms with van der Waals surface area (Å²) in [7, 11) is 0.523. The van der Waals surface area contributed by atoms with Crippen LogP contribution < -0.4 is 0 Å². The summed E-state index contributed by atoms with van der Waals surface area (Å²) in [4.78, 5) is 6.72. The molecule has 21 heavy (non-hydrogen) atoms. The lowest BCUT2D eigenvalue weighted by atomic mass is 10.1. The standard InChI is InChI=1S/C13H15N4O3P/c1-6-7-8-9(20-13(2,3)19-8)12(18-7)17-11(15-5)10(14-4)16-21-17/h7-9,12H,6H2,1-3H3. The van der Waals surface area contributed by atoms with Gasteiger partial charge in [-0.05, 0) is 20.3 Å². The number of ether oxygens (including phenoxy) is 3. The second-order valence-corrected chi connectivity index (χ2v) is 6.25. The second-order valence-electron chi connectivity index (χ2n) is 5.44. The Hall–Kier alpha value is -1.50. The lowest BCUT2D eigenvalue weighted by Gasteiger charge is -2.22. The highest BCUT2D eigenvalue weighted by atomic mass is 31.1. The molecule has 2 saturated heterocycles. The van der Waals surface area contributed by atoms with Gasteiger partial charge in [-0.25, -0.2) is 4.33 Å². The Bertz CT molecular complexity index is 645. The van der Waals surface area contributed by atoms with Gasteiger partial charge in [-0.15, -0.1) is 0 Å². The van der Waals surface area contributed by atoms with Crippen molar-refractivity contribution in [1.82, 2.24) is 9.08 Å². The second kappa shape index (κ2) is 5.05. The van der Waals surface area contributed by atoms with E-state index in [4.69, 9.17) is 27.4 Å². The molecule has 0 aliphatic carbocycles. The molecule has 4 atom stereocenters. The Morgan fingerprint density at radius 1 is 1.29 bits per heavy atom. The van der Waals surface area contributed by atoms with Gasteiger partial charge in [-0.3, -0.25) is 0 Å². The molecule has 3 rings (SSSR count). The van der Waals surface area contributed by atoms with E-state index in [1.807, 2.05) is 20.8 Å². The van der Waals surface area contributed by atoms with Crippen molar-refractivity contribution < 1.29 is 14.2 Å². The van der Waals surface area contributed by atoms with Crippen LogP contribution in [0, 0.1) is 13.1 Å². The first-order valence-electron chi connectivity index (χ1n) is 6.72. The van der Waals surface area contributed by atoms with Gasteiger partial charge in [0.2, 0.25) is 6.23 Å². The van der Waals surface area contributed by atoms with Crippen molar-refractivity contribution in [3.05, 3.63) is 22.8 Å². The Kier molecular flexibility index (Phi) is 3.47. The molecule has 0 aromatic carbocycles. The minimum absolute atomic E-state index is 0.0825. The van der Waals surface area contributed by atoms with Crippen molar-refractivity contribution >= 4 is 20.1 Å². The third-order valence-electron chi connectivity index (χ3n) is 3.63. The van der Waals surface area contributed by atoms with Crippen LogP contribution in [-0.2, 0) is 14.2 Å². The van der Waals surface area contributed by atoms with Gasteiger partial charge in [-0.1, -0.05) is 24.8 Å². The van der Waals surface area contributed by atoms with E-state index >= 15 is 0 Å². The summed E-state index contributed by atoms with van der Waals surface area (Å²) in [5, 5.41) is 0. The van der Waals surface area contributed by atoms with Gasteiger partial charge in [0.05, 0.1) is 6.10 Å². The van der Waals surface area contributed by atoms with Crippen LogP contribution >= 0.6 is 8.51 Å². The highest BCUT2D eigenvalue weighted by molar-refractivity contribution is 7.21. The van der Waals surface area contributed by atoms with Crippen LogP contribution in [0.25, 0.3) is 9.69 Å². The van der Waals surface area contributed by atoms with Crippen LogP contribution in [0.15, 0.2) is 0 Å². The Morgan fingerprint density at radius 2 is 2.00 bits per heavy atom. The normalized spacial score (nSPS) is 33.8. The van der Waals surface area contributed by atoms with Crippen LogP contribution in [0.3, 0.4) is 0 Å². The van der Waals surface area contributed by atoms with Gasteiger partial charge in [0.25, 0.3) is 11.6 Å². The van der Waals surface area contributed by atoms with Gasteiger partial charge in [0, 0.05) is 0 Å². The molecule has 2 fully saturated rings. The van der Waals surface area contributed by atoms with Gasteiger partial charge in [0.1, 0.15) is 6.10 Å². The molecule has 1 aromatic heterocycles. The molecular formula is C13H15N4O3P. The van der Waals surface area contributed by atoms with Gasteiger partial charge < -0.3 is 23.9 Å². The van der Waals surface area contributed by atoms with E-state index in [0.717, 1.165) is 6.42 Å². The first kappa shape index (κ1) is 14.4. The van der Waals surface area contributed by atoms with Gasteiger partial charge in [-0.2, -0.15) is 0 Å². The van der Waals surface area contributed by atoms with Crippen LogP contribution in [0.4, 0.5) is 11.6 Å². The van der Waals surface area contributed by atoms with Crippen molar-refractivity contribution in [2.24, 2.45) is 0 Å². The fourth-order valence-electron chi connectivity index (χ4n) is 2.81. The van der Waals surface area contributed by atoms with Crippen LogP contribution in [0.5, 0.6) is 0 Å². The molecule has 2 aliphatic heterocycles. The molecule has 0 radical (unpaired) electrons. The number of hydrogen-bond acceptors (Lipinski definition) is 4. The first-order chi connectivity index (χ1) is 10.0. The molecule has 0 spiro atoms. The molecule has 4 unspecified atom stereocenters. The molecule has 0 saturated carbocycles. The van der Waals surface area contributed by atoms with E-state index in [-0.39, 0.29) is 29.9 Å². The maximum atomic E-state index is 7.28. The van der Waals surface area contributed by atoms with E-state index in [1.54, 1.807) is 4.33 Å². The Morgan fingerprint density at radius 3 is 2.62 bits per heavy atom. The summed E-state index contributed by atoms with van der Waals surface area (Å²) in [6.07, 6.45) is -0.175. The van der Waals surface area contributed by atoms with E-state index < -0.39 is 12.0 Å². The number of aromatic nitrogens is 2. The summed E-state index contributed by atoms with van der Waals surface area (Å²) in [6.45, 7) is 20.1. The summed E-state index contributed by atoms with van der Waals surface area (Å²) in [5.41, 5.74) is 0. The van der Waals surface area contributed by atoms with Crippen molar-refractivity contribution in [2.75, 3.05) is 0 Å². The number of hydrogen-bond donors (Lipinski definition) is 0. The highest BCUT2D eigenvalue weighted by Gasteiger charge is 2.57. The third kappa shape index (κ3) is 2.23. The largest absolute Gasteiger partial charge is 0.373 e. The summed E-state index contributed by atoms with van der Waals surface area (Å²) in [5.74, 6) is -0.311. The lowest BCUT2D eigenvalue weighted by molar-refractivity contribution is -0.195. The number of fused-ring (bicyclic) bond motifs is 1. The molecule has 0 bridgehead atoms. The summed E-state index contributed by atoms with van der Waals surface area (Å²) in [6, 6.07) is 0. The molecule has 7 nitrogen and oxygen atoms in total. The predicted octanol–water partition coefficient (Wildman–Crippen LogP) is 3.39. The molecule has 110 valence electrons. The van der Waals surface area contributed by atoms with Crippen molar-refractivity contribution in [3.8, 4) is 0 Å². The van der Waals surface area contributed by atoms with E-state index in [9.17, 15) is 0 Å². The van der Waals surface area contributed by atoms with Crippen molar-refractivity contribution in [2.45, 2.75) is 57.5 Å².